The van der Waals surface area contributed by atoms with Gasteiger partial charge in [0.25, 0.3) is 0 Å². The van der Waals surface area contributed by atoms with Crippen molar-refractivity contribution in [2.45, 2.75) is 45.3 Å². The molecule has 180 valence electrons. The maximum atomic E-state index is 12.8. The molecule has 1 amide bonds. The van der Waals surface area contributed by atoms with Crippen LogP contribution in [-0.2, 0) is 20.6 Å². The third-order valence-corrected chi connectivity index (χ3v) is 9.04. The van der Waals surface area contributed by atoms with Gasteiger partial charge in [0.2, 0.25) is 15.9 Å². The maximum Gasteiger partial charge on any atom is 0.223 e. The van der Waals surface area contributed by atoms with Gasteiger partial charge in [-0.3, -0.25) is 4.79 Å². The Hall–Kier alpha value is -0.860. The zero-order chi connectivity index (χ0) is 23.3. The lowest BCUT2D eigenvalue weighted by Crippen LogP contribution is -2.44. The van der Waals surface area contributed by atoms with Crippen LogP contribution >= 0.6 is 23.2 Å². The summed E-state index contributed by atoms with van der Waals surface area (Å²) in [5.74, 6) is 1.29. The van der Waals surface area contributed by atoms with Gasteiger partial charge in [-0.2, -0.15) is 0 Å². The van der Waals surface area contributed by atoms with Crippen LogP contribution in [0.15, 0.2) is 18.2 Å². The van der Waals surface area contributed by atoms with E-state index in [2.05, 4.69) is 24.1 Å². The van der Waals surface area contributed by atoms with Gasteiger partial charge in [-0.25, -0.2) is 12.7 Å². The molecule has 1 aromatic rings. The fourth-order valence-electron chi connectivity index (χ4n) is 4.96. The largest absolute Gasteiger partial charge is 0.356 e. The van der Waals surface area contributed by atoms with Crippen molar-refractivity contribution in [1.29, 1.82) is 0 Å². The Labute approximate surface area is 202 Å². The smallest absolute Gasteiger partial charge is 0.223 e. The van der Waals surface area contributed by atoms with Crippen LogP contribution in [0.2, 0.25) is 10.0 Å². The first kappa shape index (κ1) is 25.8. The van der Waals surface area contributed by atoms with E-state index in [9.17, 15) is 13.2 Å². The lowest BCUT2D eigenvalue weighted by Gasteiger charge is -2.35. The van der Waals surface area contributed by atoms with E-state index in [1.807, 2.05) is 0 Å². The minimum absolute atomic E-state index is 0.0481. The van der Waals surface area contributed by atoms with Crippen LogP contribution in [0.5, 0.6) is 0 Å². The van der Waals surface area contributed by atoms with Crippen LogP contribution in [-0.4, -0.2) is 62.8 Å². The van der Waals surface area contributed by atoms with E-state index in [0.29, 0.717) is 48.1 Å². The summed E-state index contributed by atoms with van der Waals surface area (Å²) in [6, 6.07) is 4.88. The van der Waals surface area contributed by atoms with Gasteiger partial charge >= 0.3 is 0 Å². The molecule has 2 atom stereocenters. The van der Waals surface area contributed by atoms with Gasteiger partial charge in [0.1, 0.15) is 0 Å². The molecule has 0 bridgehead atoms. The van der Waals surface area contributed by atoms with Crippen molar-refractivity contribution in [2.75, 3.05) is 39.3 Å². The van der Waals surface area contributed by atoms with Crippen LogP contribution in [0.1, 0.15) is 45.1 Å². The van der Waals surface area contributed by atoms with Crippen LogP contribution in [0, 0.1) is 17.8 Å². The van der Waals surface area contributed by atoms with Crippen molar-refractivity contribution in [2.24, 2.45) is 17.8 Å². The molecule has 2 aliphatic heterocycles. The average Bonchev–Trinajstić information content (AvgIpc) is 2.73. The Morgan fingerprint density at radius 2 is 1.75 bits per heavy atom. The second kappa shape index (κ2) is 11.5. The number of piperidine rings is 2. The predicted molar refractivity (Wildman–Crippen MR) is 130 cm³/mol. The van der Waals surface area contributed by atoms with E-state index in [1.54, 1.807) is 18.2 Å². The van der Waals surface area contributed by atoms with E-state index < -0.39 is 10.0 Å². The molecule has 0 aliphatic carbocycles. The SMILES string of the molecule is C[C@H]1C[C@H](C)CN(CCCNC(=O)C2CCN(S(=O)(=O)Cc3ccc(Cl)c(Cl)c3)CC2)C1. The number of hydrogen-bond acceptors (Lipinski definition) is 4. The molecule has 0 saturated carbocycles. The number of likely N-dealkylation sites (tertiary alicyclic amines) is 1. The Kier molecular flexibility index (Phi) is 9.27. The van der Waals surface area contributed by atoms with Crippen molar-refractivity contribution in [3.05, 3.63) is 33.8 Å². The molecule has 2 fully saturated rings. The van der Waals surface area contributed by atoms with Crippen LogP contribution in [0.4, 0.5) is 0 Å². The topological polar surface area (TPSA) is 69.7 Å². The van der Waals surface area contributed by atoms with Gasteiger partial charge in [0.05, 0.1) is 15.8 Å². The number of hydrogen-bond donors (Lipinski definition) is 1. The number of halogens is 2. The molecule has 0 aromatic heterocycles. The number of carbonyl (C=O) groups excluding carboxylic acids is 1. The minimum Gasteiger partial charge on any atom is -0.356 e. The Balaban J connectivity index is 1.38. The molecular formula is C23H35Cl2N3O3S. The van der Waals surface area contributed by atoms with Gasteiger partial charge in [-0.15, -0.1) is 0 Å². The summed E-state index contributed by atoms with van der Waals surface area (Å²) in [5.41, 5.74) is 0.608. The first-order chi connectivity index (χ1) is 15.1. The summed E-state index contributed by atoms with van der Waals surface area (Å²) in [6.45, 7) is 9.33. The van der Waals surface area contributed by atoms with E-state index in [0.717, 1.165) is 37.9 Å². The highest BCUT2D eigenvalue weighted by molar-refractivity contribution is 7.88. The van der Waals surface area contributed by atoms with E-state index in [-0.39, 0.29) is 17.6 Å². The number of rotatable bonds is 8. The zero-order valence-corrected chi connectivity index (χ0v) is 21.4. The summed E-state index contributed by atoms with van der Waals surface area (Å²) in [7, 11) is -3.46. The van der Waals surface area contributed by atoms with E-state index in [1.165, 1.54) is 10.7 Å². The molecule has 0 unspecified atom stereocenters. The standard InChI is InChI=1S/C23H35Cl2N3O3S/c1-17-12-18(2)15-27(14-17)9-3-8-26-23(29)20-6-10-28(11-7-20)32(30,31)16-19-4-5-21(24)22(25)13-19/h4-5,13,17-18,20H,3,6-12,14-16H2,1-2H3,(H,26,29)/t17-,18-/m0/s1. The zero-order valence-electron chi connectivity index (χ0n) is 19.0. The molecule has 1 N–H and O–H groups in total. The molecule has 2 aliphatic rings. The Morgan fingerprint density at radius 3 is 2.38 bits per heavy atom. The monoisotopic (exact) mass is 503 g/mol. The molecule has 1 aromatic carbocycles. The third kappa shape index (κ3) is 7.32. The van der Waals surface area contributed by atoms with Gasteiger partial charge in [0, 0.05) is 38.6 Å². The fourth-order valence-corrected chi connectivity index (χ4v) is 6.83. The van der Waals surface area contributed by atoms with Gasteiger partial charge < -0.3 is 10.2 Å². The second-order valence-corrected chi connectivity index (χ2v) is 12.3. The number of carbonyl (C=O) groups is 1. The number of amides is 1. The van der Waals surface area contributed by atoms with Gasteiger partial charge in [0.15, 0.2) is 0 Å². The van der Waals surface area contributed by atoms with Crippen molar-refractivity contribution in [1.82, 2.24) is 14.5 Å². The molecule has 0 spiro atoms. The summed E-state index contributed by atoms with van der Waals surface area (Å²) in [5, 5.41) is 3.81. The fraction of sp³-hybridized carbons (Fsp3) is 0.696. The molecule has 0 radical (unpaired) electrons. The van der Waals surface area contributed by atoms with E-state index >= 15 is 0 Å². The quantitative estimate of drug-likeness (QED) is 0.543. The summed E-state index contributed by atoms with van der Waals surface area (Å²) in [4.78, 5) is 15.1. The highest BCUT2D eigenvalue weighted by atomic mass is 35.5. The minimum atomic E-state index is -3.46. The second-order valence-electron chi connectivity index (χ2n) is 9.53. The Bertz CT molecular complexity index is 878. The van der Waals surface area contributed by atoms with Crippen molar-refractivity contribution < 1.29 is 13.2 Å². The average molecular weight is 505 g/mol. The summed E-state index contributed by atoms with van der Waals surface area (Å²) < 4.78 is 27.0. The number of nitrogens with one attached hydrogen (secondary N) is 1. The first-order valence-corrected chi connectivity index (χ1v) is 13.9. The molecular weight excluding hydrogens is 469 g/mol. The molecule has 2 saturated heterocycles. The van der Waals surface area contributed by atoms with Crippen molar-refractivity contribution in [3.63, 3.8) is 0 Å². The van der Waals surface area contributed by atoms with Gasteiger partial charge in [-0.1, -0.05) is 43.1 Å². The van der Waals surface area contributed by atoms with Crippen molar-refractivity contribution in [3.8, 4) is 0 Å². The van der Waals surface area contributed by atoms with Crippen LogP contribution in [0.3, 0.4) is 0 Å². The Morgan fingerprint density at radius 1 is 1.09 bits per heavy atom. The number of benzene rings is 1. The van der Waals surface area contributed by atoms with Gasteiger partial charge in [-0.05, 0) is 61.8 Å². The highest BCUT2D eigenvalue weighted by Crippen LogP contribution is 2.26. The number of sulfonamides is 1. The molecule has 2 heterocycles. The van der Waals surface area contributed by atoms with Crippen molar-refractivity contribution >= 4 is 39.1 Å². The first-order valence-electron chi connectivity index (χ1n) is 11.6. The number of nitrogens with zero attached hydrogens (tertiary/aromatic N) is 2. The molecule has 3 rings (SSSR count). The normalized spacial score (nSPS) is 23.9. The maximum absolute atomic E-state index is 12.8. The van der Waals surface area contributed by atoms with Crippen LogP contribution < -0.4 is 5.32 Å². The predicted octanol–water partition coefficient (Wildman–Crippen LogP) is 4.02. The summed E-state index contributed by atoms with van der Waals surface area (Å²) in [6.07, 6.45) is 3.35. The lowest BCUT2D eigenvalue weighted by atomic mass is 9.92. The van der Waals surface area contributed by atoms with E-state index in [4.69, 9.17) is 23.2 Å². The third-order valence-electron chi connectivity index (χ3n) is 6.45. The lowest BCUT2D eigenvalue weighted by molar-refractivity contribution is -0.126. The van der Waals surface area contributed by atoms with Crippen LogP contribution in [0.25, 0.3) is 0 Å². The highest BCUT2D eigenvalue weighted by Gasteiger charge is 2.31. The summed E-state index contributed by atoms with van der Waals surface area (Å²) >= 11 is 11.9. The molecule has 9 heteroatoms. The molecule has 6 nitrogen and oxygen atoms in total. The molecule has 32 heavy (non-hydrogen) atoms.